The van der Waals surface area contributed by atoms with Crippen molar-refractivity contribution in [3.63, 3.8) is 0 Å². The number of ether oxygens (including phenoxy) is 1. The summed E-state index contributed by atoms with van der Waals surface area (Å²) in [5.74, 6) is 0.658. The van der Waals surface area contributed by atoms with E-state index in [0.29, 0.717) is 18.7 Å². The van der Waals surface area contributed by atoms with Crippen LogP contribution in [0.5, 0.6) is 5.88 Å². The maximum atomic E-state index is 12.5. The number of methoxy groups -OCH3 is 1. The van der Waals surface area contributed by atoms with Crippen molar-refractivity contribution in [3.8, 4) is 5.88 Å². The van der Waals surface area contributed by atoms with Gasteiger partial charge in [0, 0.05) is 18.3 Å². The summed E-state index contributed by atoms with van der Waals surface area (Å²) in [6.07, 6.45) is 2.80. The highest BCUT2D eigenvalue weighted by atomic mass is 16.5. The number of nitrogens with one attached hydrogen (secondary N) is 4. The van der Waals surface area contributed by atoms with E-state index in [2.05, 4.69) is 26.7 Å². The van der Waals surface area contributed by atoms with Gasteiger partial charge in [0.25, 0.3) is 0 Å². The standard InChI is InChI=1S/C15H23N5O3/c1-8-13(19-20-18-8)15(22)17-14(10-5-11(21)6-10)9-3-4-12(23-2)16-7-9/h3-4,7-8,10-11,13-14,18-21H,5-6H2,1-2H3,(H,17,22). The summed E-state index contributed by atoms with van der Waals surface area (Å²) >= 11 is 0. The third-order valence-electron chi connectivity index (χ3n) is 4.56. The van der Waals surface area contributed by atoms with Gasteiger partial charge in [-0.25, -0.2) is 15.8 Å². The quantitative estimate of drug-likeness (QED) is 0.492. The first kappa shape index (κ1) is 16.1. The molecule has 1 amide bonds. The average Bonchev–Trinajstić information content (AvgIpc) is 2.96. The van der Waals surface area contributed by atoms with Gasteiger partial charge < -0.3 is 15.2 Å². The van der Waals surface area contributed by atoms with E-state index in [0.717, 1.165) is 5.56 Å². The molecule has 8 heteroatoms. The minimum atomic E-state index is -0.353. The molecule has 5 N–H and O–H groups in total. The number of pyridine rings is 1. The van der Waals surface area contributed by atoms with E-state index < -0.39 is 0 Å². The largest absolute Gasteiger partial charge is 0.481 e. The summed E-state index contributed by atoms with van der Waals surface area (Å²) in [5, 5.41) is 12.7. The van der Waals surface area contributed by atoms with E-state index in [1.807, 2.05) is 13.0 Å². The third-order valence-corrected chi connectivity index (χ3v) is 4.56. The molecule has 1 saturated carbocycles. The number of rotatable bonds is 5. The lowest BCUT2D eigenvalue weighted by atomic mass is 9.75. The van der Waals surface area contributed by atoms with Gasteiger partial charge in [-0.1, -0.05) is 6.07 Å². The number of amides is 1. The topological polar surface area (TPSA) is 108 Å². The fourth-order valence-electron chi connectivity index (χ4n) is 3.05. The van der Waals surface area contributed by atoms with Crippen LogP contribution < -0.4 is 26.4 Å². The third kappa shape index (κ3) is 3.45. The first-order chi connectivity index (χ1) is 11.1. The van der Waals surface area contributed by atoms with E-state index in [9.17, 15) is 9.90 Å². The molecular weight excluding hydrogens is 298 g/mol. The van der Waals surface area contributed by atoms with Crippen molar-refractivity contribution in [1.82, 2.24) is 26.7 Å². The molecule has 3 atom stereocenters. The van der Waals surface area contributed by atoms with Gasteiger partial charge in [-0.05, 0) is 31.2 Å². The molecule has 126 valence electrons. The summed E-state index contributed by atoms with van der Waals surface area (Å²) in [4.78, 5) is 16.7. The van der Waals surface area contributed by atoms with Crippen LogP contribution in [0.4, 0.5) is 0 Å². The summed E-state index contributed by atoms with van der Waals surface area (Å²) in [7, 11) is 1.57. The number of aliphatic hydroxyl groups is 1. The molecule has 3 rings (SSSR count). The first-order valence-electron chi connectivity index (χ1n) is 7.83. The predicted molar refractivity (Wildman–Crippen MR) is 83.1 cm³/mol. The van der Waals surface area contributed by atoms with Crippen molar-refractivity contribution in [2.24, 2.45) is 5.92 Å². The van der Waals surface area contributed by atoms with Crippen LogP contribution in [0.3, 0.4) is 0 Å². The Labute approximate surface area is 134 Å². The van der Waals surface area contributed by atoms with Crippen molar-refractivity contribution < 1.29 is 14.6 Å². The molecular formula is C15H23N5O3. The average molecular weight is 321 g/mol. The van der Waals surface area contributed by atoms with E-state index in [1.165, 1.54) is 0 Å². The molecule has 0 bridgehead atoms. The number of carbonyl (C=O) groups is 1. The van der Waals surface area contributed by atoms with Crippen molar-refractivity contribution in [2.75, 3.05) is 7.11 Å². The molecule has 8 nitrogen and oxygen atoms in total. The SMILES string of the molecule is COc1ccc(C(NC(=O)C2NNNC2C)C2CC(O)C2)cn1. The molecule has 2 fully saturated rings. The van der Waals surface area contributed by atoms with Gasteiger partial charge >= 0.3 is 0 Å². The Kier molecular flexibility index (Phi) is 4.76. The number of carbonyl (C=O) groups excluding carboxylic acids is 1. The number of aromatic nitrogens is 1. The fraction of sp³-hybridized carbons (Fsp3) is 0.600. The van der Waals surface area contributed by atoms with Crippen molar-refractivity contribution in [3.05, 3.63) is 23.9 Å². The summed E-state index contributed by atoms with van der Waals surface area (Å²) in [6.45, 7) is 1.92. The monoisotopic (exact) mass is 321 g/mol. The smallest absolute Gasteiger partial charge is 0.240 e. The maximum absolute atomic E-state index is 12.5. The molecule has 0 radical (unpaired) electrons. The Morgan fingerprint density at radius 3 is 2.74 bits per heavy atom. The normalized spacial score (nSPS) is 31.3. The zero-order chi connectivity index (χ0) is 16.4. The van der Waals surface area contributed by atoms with Crippen molar-refractivity contribution in [1.29, 1.82) is 0 Å². The Balaban J connectivity index is 1.74. The van der Waals surface area contributed by atoms with Gasteiger partial charge in [0.15, 0.2) is 0 Å². The number of aliphatic hydroxyl groups excluding tert-OH is 1. The molecule has 0 spiro atoms. The predicted octanol–water partition coefficient (Wildman–Crippen LogP) is -0.612. The summed E-state index contributed by atoms with van der Waals surface area (Å²) < 4.78 is 5.08. The van der Waals surface area contributed by atoms with Crippen LogP contribution in [0.25, 0.3) is 0 Å². The van der Waals surface area contributed by atoms with Crippen molar-refractivity contribution >= 4 is 5.91 Å². The van der Waals surface area contributed by atoms with Crippen LogP contribution in [0.1, 0.15) is 31.4 Å². The lowest BCUT2D eigenvalue weighted by Crippen LogP contribution is -2.50. The summed E-state index contributed by atoms with van der Waals surface area (Å²) in [6, 6.07) is 3.15. The minimum Gasteiger partial charge on any atom is -0.481 e. The van der Waals surface area contributed by atoms with Gasteiger partial charge in [-0.2, -0.15) is 5.53 Å². The Hall–Kier alpha value is -1.74. The van der Waals surface area contributed by atoms with Crippen LogP contribution >= 0.6 is 0 Å². The van der Waals surface area contributed by atoms with Gasteiger partial charge in [-0.15, -0.1) is 0 Å². The molecule has 1 aliphatic heterocycles. The Morgan fingerprint density at radius 2 is 2.22 bits per heavy atom. The van der Waals surface area contributed by atoms with Crippen LogP contribution in [-0.2, 0) is 4.79 Å². The van der Waals surface area contributed by atoms with Gasteiger partial charge in [0.05, 0.1) is 19.3 Å². The molecule has 23 heavy (non-hydrogen) atoms. The molecule has 1 aromatic rings. The van der Waals surface area contributed by atoms with Gasteiger partial charge in [0.2, 0.25) is 11.8 Å². The molecule has 2 aliphatic rings. The second-order valence-corrected chi connectivity index (χ2v) is 6.19. The minimum absolute atomic E-state index is 0.0170. The number of nitrogens with zero attached hydrogens (tertiary/aromatic N) is 1. The number of hydrogen-bond acceptors (Lipinski definition) is 7. The fourth-order valence-corrected chi connectivity index (χ4v) is 3.05. The second kappa shape index (κ2) is 6.79. The highest BCUT2D eigenvalue weighted by Gasteiger charge is 2.38. The molecule has 3 unspecified atom stereocenters. The van der Waals surface area contributed by atoms with E-state index in [-0.39, 0.29) is 36.1 Å². The first-order valence-corrected chi connectivity index (χ1v) is 7.83. The molecule has 0 aromatic carbocycles. The summed E-state index contributed by atoms with van der Waals surface area (Å²) in [5.41, 5.74) is 9.54. The van der Waals surface area contributed by atoms with Crippen LogP contribution in [0, 0.1) is 5.92 Å². The van der Waals surface area contributed by atoms with E-state index >= 15 is 0 Å². The van der Waals surface area contributed by atoms with Gasteiger partial charge in [-0.3, -0.25) is 4.79 Å². The molecule has 1 saturated heterocycles. The Bertz CT molecular complexity index is 547. The van der Waals surface area contributed by atoms with E-state index in [4.69, 9.17) is 4.74 Å². The number of hydrogen-bond donors (Lipinski definition) is 5. The lowest BCUT2D eigenvalue weighted by Gasteiger charge is -2.38. The van der Waals surface area contributed by atoms with E-state index in [1.54, 1.807) is 19.4 Å². The highest BCUT2D eigenvalue weighted by Crippen LogP contribution is 2.38. The zero-order valence-electron chi connectivity index (χ0n) is 13.2. The van der Waals surface area contributed by atoms with Crippen LogP contribution in [-0.4, -0.2) is 41.3 Å². The van der Waals surface area contributed by atoms with Crippen molar-refractivity contribution in [2.45, 2.75) is 44.0 Å². The highest BCUT2D eigenvalue weighted by molar-refractivity contribution is 5.83. The molecule has 1 aromatic heterocycles. The second-order valence-electron chi connectivity index (χ2n) is 6.19. The molecule has 2 heterocycles. The molecule has 1 aliphatic carbocycles. The van der Waals surface area contributed by atoms with Crippen LogP contribution in [0.15, 0.2) is 18.3 Å². The zero-order valence-corrected chi connectivity index (χ0v) is 13.2. The Morgan fingerprint density at radius 1 is 1.43 bits per heavy atom. The van der Waals surface area contributed by atoms with Gasteiger partial charge in [0.1, 0.15) is 6.04 Å². The number of hydrazine groups is 2. The lowest BCUT2D eigenvalue weighted by molar-refractivity contribution is -0.125. The van der Waals surface area contributed by atoms with Crippen LogP contribution in [0.2, 0.25) is 0 Å². The maximum Gasteiger partial charge on any atom is 0.240 e.